The molecule has 1 heterocycles. The molecule has 1 N–H and O–H groups in total. The minimum absolute atomic E-state index is 0.00188. The molecule has 0 atom stereocenters. The lowest BCUT2D eigenvalue weighted by Gasteiger charge is -2.36. The first kappa shape index (κ1) is 22.4. The highest BCUT2D eigenvalue weighted by atomic mass is 32.2. The molecule has 2 fully saturated rings. The zero-order chi connectivity index (χ0) is 22.7. The van der Waals surface area contributed by atoms with Gasteiger partial charge in [0.25, 0.3) is 5.91 Å². The molecule has 1 aliphatic carbocycles. The third-order valence-corrected chi connectivity index (χ3v) is 7.21. The average Bonchev–Trinajstić information content (AvgIpc) is 3.62. The number of ether oxygens (including phenoxy) is 2. The van der Waals surface area contributed by atoms with Crippen LogP contribution in [0.2, 0.25) is 0 Å². The van der Waals surface area contributed by atoms with Crippen LogP contribution in [0.25, 0.3) is 0 Å². The number of benzene rings is 2. The highest BCUT2D eigenvalue weighted by Crippen LogP contribution is 2.30. The molecule has 1 saturated heterocycles. The van der Waals surface area contributed by atoms with Crippen molar-refractivity contribution in [2.24, 2.45) is 0 Å². The molecule has 0 unspecified atom stereocenters. The van der Waals surface area contributed by atoms with E-state index in [1.165, 1.54) is 13.2 Å². The Morgan fingerprint density at radius 3 is 2.44 bits per heavy atom. The van der Waals surface area contributed by atoms with Crippen molar-refractivity contribution in [1.82, 2.24) is 9.62 Å². The maximum Gasteiger partial charge on any atom is 0.254 e. The van der Waals surface area contributed by atoms with Crippen LogP contribution in [0.1, 0.15) is 30.1 Å². The van der Waals surface area contributed by atoms with Gasteiger partial charge in [0.05, 0.1) is 19.4 Å². The van der Waals surface area contributed by atoms with Crippen molar-refractivity contribution in [2.45, 2.75) is 30.7 Å². The van der Waals surface area contributed by atoms with Crippen LogP contribution in [0.15, 0.2) is 47.4 Å². The van der Waals surface area contributed by atoms with Crippen molar-refractivity contribution in [3.8, 4) is 11.5 Å². The SMILES string of the molecule is CCOc1ccccc1N1CCN(C(=O)c2ccc(OC)c(S(=O)(=O)NC3CC3)c2)CC1. The smallest absolute Gasteiger partial charge is 0.254 e. The molecule has 4 rings (SSSR count). The van der Waals surface area contributed by atoms with Gasteiger partial charge in [0, 0.05) is 37.8 Å². The molecule has 2 aromatic rings. The maximum absolute atomic E-state index is 13.2. The third kappa shape index (κ3) is 4.83. The van der Waals surface area contributed by atoms with Gasteiger partial charge in [-0.25, -0.2) is 13.1 Å². The van der Waals surface area contributed by atoms with Crippen molar-refractivity contribution in [2.75, 3.05) is 44.8 Å². The number of hydrogen-bond donors (Lipinski definition) is 1. The van der Waals surface area contributed by atoms with E-state index in [2.05, 4.69) is 9.62 Å². The predicted octanol–water partition coefficient (Wildman–Crippen LogP) is 2.50. The summed E-state index contributed by atoms with van der Waals surface area (Å²) < 4.78 is 39.2. The number of piperazine rings is 1. The zero-order valence-corrected chi connectivity index (χ0v) is 19.2. The molecule has 172 valence electrons. The number of anilines is 1. The second-order valence-corrected chi connectivity index (χ2v) is 9.62. The Morgan fingerprint density at radius 1 is 1.06 bits per heavy atom. The summed E-state index contributed by atoms with van der Waals surface area (Å²) in [5.41, 5.74) is 1.36. The molecule has 0 radical (unpaired) electrons. The maximum atomic E-state index is 13.2. The summed E-state index contributed by atoms with van der Waals surface area (Å²) >= 11 is 0. The first-order valence-electron chi connectivity index (χ1n) is 10.9. The predicted molar refractivity (Wildman–Crippen MR) is 122 cm³/mol. The molecule has 0 bridgehead atoms. The highest BCUT2D eigenvalue weighted by Gasteiger charge is 2.31. The Morgan fingerprint density at radius 2 is 1.78 bits per heavy atom. The summed E-state index contributed by atoms with van der Waals surface area (Å²) in [6.07, 6.45) is 1.66. The summed E-state index contributed by atoms with van der Waals surface area (Å²) in [6.45, 7) is 4.95. The number of rotatable bonds is 8. The summed E-state index contributed by atoms with van der Waals surface area (Å²) in [5, 5.41) is 0. The molecule has 0 spiro atoms. The number of nitrogens with zero attached hydrogens (tertiary/aromatic N) is 2. The molecule has 1 aliphatic heterocycles. The molecule has 8 nitrogen and oxygen atoms in total. The number of carbonyl (C=O) groups excluding carboxylic acids is 1. The number of nitrogens with one attached hydrogen (secondary N) is 1. The normalized spacial score (nSPS) is 16.7. The molecular weight excluding hydrogens is 430 g/mol. The lowest BCUT2D eigenvalue weighted by atomic mass is 10.1. The van der Waals surface area contributed by atoms with E-state index in [0.29, 0.717) is 38.3 Å². The number of carbonyl (C=O) groups is 1. The second kappa shape index (κ2) is 9.38. The molecule has 1 saturated carbocycles. The topological polar surface area (TPSA) is 88.2 Å². The fourth-order valence-electron chi connectivity index (χ4n) is 3.83. The molecular formula is C23H29N3O5S. The van der Waals surface area contributed by atoms with E-state index in [1.807, 2.05) is 31.2 Å². The fraction of sp³-hybridized carbons (Fsp3) is 0.435. The van der Waals surface area contributed by atoms with Crippen LogP contribution in [-0.4, -0.2) is 65.2 Å². The van der Waals surface area contributed by atoms with Gasteiger partial charge >= 0.3 is 0 Å². The van der Waals surface area contributed by atoms with Crippen LogP contribution < -0.4 is 19.1 Å². The Hall–Kier alpha value is -2.78. The number of methoxy groups -OCH3 is 1. The first-order chi connectivity index (χ1) is 15.4. The van der Waals surface area contributed by atoms with Crippen LogP contribution in [0.4, 0.5) is 5.69 Å². The summed E-state index contributed by atoms with van der Waals surface area (Å²) in [6, 6.07) is 12.4. The third-order valence-electron chi connectivity index (χ3n) is 5.67. The summed E-state index contributed by atoms with van der Waals surface area (Å²) in [7, 11) is -2.33. The number of amides is 1. The minimum atomic E-state index is -3.75. The lowest BCUT2D eigenvalue weighted by Crippen LogP contribution is -2.49. The van der Waals surface area contributed by atoms with Gasteiger partial charge in [0.15, 0.2) is 0 Å². The standard InChI is InChI=1S/C23H29N3O5S/c1-3-31-20-7-5-4-6-19(20)25-12-14-26(15-13-25)23(27)17-8-11-21(30-2)22(16-17)32(28,29)24-18-9-10-18/h4-8,11,16,18,24H,3,9-10,12-15H2,1-2H3. The summed E-state index contributed by atoms with van der Waals surface area (Å²) in [5.74, 6) is 0.878. The summed E-state index contributed by atoms with van der Waals surface area (Å²) in [4.78, 5) is 17.1. The van der Waals surface area contributed by atoms with E-state index in [0.717, 1.165) is 24.3 Å². The minimum Gasteiger partial charge on any atom is -0.495 e. The molecule has 9 heteroatoms. The molecule has 1 amide bonds. The van der Waals surface area contributed by atoms with E-state index in [4.69, 9.17) is 9.47 Å². The van der Waals surface area contributed by atoms with E-state index >= 15 is 0 Å². The van der Waals surface area contributed by atoms with Crippen LogP contribution in [0, 0.1) is 0 Å². The van der Waals surface area contributed by atoms with Gasteiger partial charge in [-0.3, -0.25) is 4.79 Å². The molecule has 2 aliphatic rings. The number of hydrogen-bond acceptors (Lipinski definition) is 6. The van der Waals surface area contributed by atoms with Crippen molar-refractivity contribution in [3.63, 3.8) is 0 Å². The Balaban J connectivity index is 1.48. The molecule has 0 aromatic heterocycles. The van der Waals surface area contributed by atoms with Crippen molar-refractivity contribution in [3.05, 3.63) is 48.0 Å². The van der Waals surface area contributed by atoms with Crippen LogP contribution in [-0.2, 0) is 10.0 Å². The Bertz CT molecular complexity index is 1080. The van der Waals surface area contributed by atoms with Gasteiger partial charge in [-0.05, 0) is 50.1 Å². The first-order valence-corrected chi connectivity index (χ1v) is 12.4. The van der Waals surface area contributed by atoms with E-state index < -0.39 is 10.0 Å². The quantitative estimate of drug-likeness (QED) is 0.653. The lowest BCUT2D eigenvalue weighted by molar-refractivity contribution is 0.0746. The van der Waals surface area contributed by atoms with Crippen molar-refractivity contribution in [1.29, 1.82) is 0 Å². The second-order valence-electron chi connectivity index (χ2n) is 7.94. The van der Waals surface area contributed by atoms with Crippen LogP contribution in [0.3, 0.4) is 0 Å². The zero-order valence-electron chi connectivity index (χ0n) is 18.4. The van der Waals surface area contributed by atoms with E-state index in [-0.39, 0.29) is 22.6 Å². The van der Waals surface area contributed by atoms with Gasteiger partial charge in [0.2, 0.25) is 10.0 Å². The Labute approximate surface area is 189 Å². The van der Waals surface area contributed by atoms with Gasteiger partial charge in [-0.1, -0.05) is 12.1 Å². The number of sulfonamides is 1. The molecule has 32 heavy (non-hydrogen) atoms. The number of para-hydroxylation sites is 2. The van der Waals surface area contributed by atoms with Crippen molar-refractivity contribution < 1.29 is 22.7 Å². The van der Waals surface area contributed by atoms with Gasteiger partial charge in [-0.15, -0.1) is 0 Å². The van der Waals surface area contributed by atoms with Crippen molar-refractivity contribution >= 4 is 21.6 Å². The fourth-order valence-corrected chi connectivity index (χ4v) is 5.33. The highest BCUT2D eigenvalue weighted by molar-refractivity contribution is 7.89. The largest absolute Gasteiger partial charge is 0.495 e. The monoisotopic (exact) mass is 459 g/mol. The molecule has 2 aromatic carbocycles. The van der Waals surface area contributed by atoms with Gasteiger partial charge in [-0.2, -0.15) is 0 Å². The Kier molecular flexibility index (Phi) is 6.57. The van der Waals surface area contributed by atoms with Gasteiger partial charge < -0.3 is 19.3 Å². The van der Waals surface area contributed by atoms with E-state index in [1.54, 1.807) is 17.0 Å². The van der Waals surface area contributed by atoms with Crippen LogP contribution in [0.5, 0.6) is 11.5 Å². The average molecular weight is 460 g/mol. The van der Waals surface area contributed by atoms with E-state index in [9.17, 15) is 13.2 Å². The van der Waals surface area contributed by atoms with Gasteiger partial charge in [0.1, 0.15) is 16.4 Å². The van der Waals surface area contributed by atoms with Crippen LogP contribution >= 0.6 is 0 Å².